The zero-order valence-electron chi connectivity index (χ0n) is 14.1. The quantitative estimate of drug-likeness (QED) is 0.826. The van der Waals surface area contributed by atoms with E-state index in [-0.39, 0.29) is 11.8 Å². The van der Waals surface area contributed by atoms with Crippen LogP contribution in [-0.2, 0) is 4.79 Å². The Labute approximate surface area is 150 Å². The Hall–Kier alpha value is -2.08. The molecule has 1 saturated heterocycles. The fraction of sp³-hybridized carbons (Fsp3) is 0.500. The predicted molar refractivity (Wildman–Crippen MR) is 95.5 cm³/mol. The predicted octanol–water partition coefficient (Wildman–Crippen LogP) is 2.74. The maximum absolute atomic E-state index is 12.6. The lowest BCUT2D eigenvalue weighted by molar-refractivity contribution is -0.134. The van der Waals surface area contributed by atoms with E-state index in [9.17, 15) is 9.59 Å². The summed E-state index contributed by atoms with van der Waals surface area (Å²) in [5, 5.41) is 3.98. The first-order valence-corrected chi connectivity index (χ1v) is 9.08. The number of pyridine rings is 1. The van der Waals surface area contributed by atoms with E-state index >= 15 is 0 Å². The molecule has 6 nitrogen and oxygen atoms in total. The van der Waals surface area contributed by atoms with Gasteiger partial charge in [-0.15, -0.1) is 0 Å². The minimum atomic E-state index is -0.547. The third-order valence-corrected chi connectivity index (χ3v) is 5.73. The summed E-state index contributed by atoms with van der Waals surface area (Å²) in [6, 6.07) is 2.86. The van der Waals surface area contributed by atoms with Gasteiger partial charge in [-0.2, -0.15) is 0 Å². The van der Waals surface area contributed by atoms with Crippen molar-refractivity contribution in [3.05, 3.63) is 29.2 Å². The first-order chi connectivity index (χ1) is 12.0. The van der Waals surface area contributed by atoms with E-state index in [1.54, 1.807) is 25.3 Å². The number of hydrogen-bond acceptors (Lipinski definition) is 3. The number of amides is 2. The van der Waals surface area contributed by atoms with Gasteiger partial charge in [0.1, 0.15) is 16.9 Å². The van der Waals surface area contributed by atoms with Crippen LogP contribution in [0.1, 0.15) is 43.1 Å². The van der Waals surface area contributed by atoms with E-state index in [1.807, 2.05) is 4.90 Å². The second kappa shape index (κ2) is 6.02. The van der Waals surface area contributed by atoms with Gasteiger partial charge < -0.3 is 15.2 Å². The van der Waals surface area contributed by atoms with Crippen LogP contribution in [0.2, 0.25) is 5.15 Å². The molecule has 2 aliphatic rings. The lowest BCUT2D eigenvalue weighted by Gasteiger charge is -2.33. The molecule has 2 N–H and O–H groups in total. The number of piperidine rings is 1. The van der Waals surface area contributed by atoms with Gasteiger partial charge in [0.15, 0.2) is 0 Å². The molecule has 2 aromatic heterocycles. The fourth-order valence-electron chi connectivity index (χ4n) is 3.62. The van der Waals surface area contributed by atoms with E-state index in [0.29, 0.717) is 16.3 Å². The first-order valence-electron chi connectivity index (χ1n) is 8.70. The highest BCUT2D eigenvalue weighted by atomic mass is 35.5. The molecule has 0 unspecified atom stereocenters. The van der Waals surface area contributed by atoms with Crippen molar-refractivity contribution in [2.75, 3.05) is 13.1 Å². The van der Waals surface area contributed by atoms with Crippen molar-refractivity contribution in [3.8, 4) is 0 Å². The normalized spacial score (nSPS) is 19.8. The highest BCUT2D eigenvalue weighted by molar-refractivity contribution is 6.30. The van der Waals surface area contributed by atoms with Gasteiger partial charge in [0, 0.05) is 18.5 Å². The summed E-state index contributed by atoms with van der Waals surface area (Å²) in [7, 11) is 0. The molecule has 132 valence electrons. The maximum atomic E-state index is 12.6. The number of halogens is 1. The minimum absolute atomic E-state index is 0.00956. The molecule has 1 atom stereocenters. The summed E-state index contributed by atoms with van der Waals surface area (Å²) < 4.78 is 0. The van der Waals surface area contributed by atoms with Crippen LogP contribution in [0.3, 0.4) is 0 Å². The van der Waals surface area contributed by atoms with Crippen LogP contribution in [-0.4, -0.2) is 45.8 Å². The smallest absolute Gasteiger partial charge is 0.268 e. The molecule has 4 rings (SSSR count). The molecule has 0 bridgehead atoms. The van der Waals surface area contributed by atoms with Crippen molar-refractivity contribution in [3.63, 3.8) is 0 Å². The van der Waals surface area contributed by atoms with Gasteiger partial charge in [-0.3, -0.25) is 9.59 Å². The van der Waals surface area contributed by atoms with Crippen LogP contribution in [0.5, 0.6) is 0 Å². The standard InChI is InChI=1S/C18H21ClN4O2/c1-11(17(25)23-6-4-18(2-3-18)5-7-23)21-16(24)13-8-12-9-15(19)20-10-14(12)22-13/h8-11,22H,2-7H2,1H3,(H,21,24)/t11-/m1/s1. The molecule has 25 heavy (non-hydrogen) atoms. The van der Waals surface area contributed by atoms with Crippen molar-refractivity contribution in [1.82, 2.24) is 20.2 Å². The maximum Gasteiger partial charge on any atom is 0.268 e. The Morgan fingerprint density at radius 3 is 2.68 bits per heavy atom. The van der Waals surface area contributed by atoms with Crippen molar-refractivity contribution in [2.45, 2.75) is 38.6 Å². The van der Waals surface area contributed by atoms with E-state index in [1.165, 1.54) is 12.8 Å². The van der Waals surface area contributed by atoms with Crippen molar-refractivity contribution in [2.24, 2.45) is 5.41 Å². The number of aromatic amines is 1. The van der Waals surface area contributed by atoms with Gasteiger partial charge in [-0.1, -0.05) is 11.6 Å². The molecule has 1 aliphatic carbocycles. The summed E-state index contributed by atoms with van der Waals surface area (Å²) in [6.45, 7) is 3.34. The molecule has 0 radical (unpaired) electrons. The largest absolute Gasteiger partial charge is 0.349 e. The molecule has 7 heteroatoms. The number of aromatic nitrogens is 2. The highest BCUT2D eigenvalue weighted by Crippen LogP contribution is 2.53. The Balaban J connectivity index is 1.39. The summed E-state index contributed by atoms with van der Waals surface area (Å²) in [5.74, 6) is -0.312. The van der Waals surface area contributed by atoms with Crippen molar-refractivity contribution < 1.29 is 9.59 Å². The third kappa shape index (κ3) is 3.23. The molecule has 1 saturated carbocycles. The van der Waals surface area contributed by atoms with E-state index in [0.717, 1.165) is 36.8 Å². The molecule has 2 amide bonds. The summed E-state index contributed by atoms with van der Waals surface area (Å²) in [4.78, 5) is 33.9. The number of H-pyrrole nitrogens is 1. The Kier molecular flexibility index (Phi) is 3.95. The number of hydrogen-bond donors (Lipinski definition) is 2. The number of rotatable bonds is 3. The molecule has 1 spiro atoms. The second-order valence-electron chi connectivity index (χ2n) is 7.30. The minimum Gasteiger partial charge on any atom is -0.349 e. The molecule has 1 aliphatic heterocycles. The molecular weight excluding hydrogens is 340 g/mol. The molecule has 3 heterocycles. The van der Waals surface area contributed by atoms with Gasteiger partial charge in [-0.05, 0) is 50.2 Å². The molecular formula is C18H21ClN4O2. The lowest BCUT2D eigenvalue weighted by Crippen LogP contribution is -2.49. The fourth-order valence-corrected chi connectivity index (χ4v) is 3.78. The van der Waals surface area contributed by atoms with Gasteiger partial charge >= 0.3 is 0 Å². The van der Waals surface area contributed by atoms with Gasteiger partial charge in [0.2, 0.25) is 5.91 Å². The topological polar surface area (TPSA) is 78.1 Å². The number of likely N-dealkylation sites (tertiary alicyclic amines) is 1. The SMILES string of the molecule is C[C@@H](NC(=O)c1cc2cc(Cl)ncc2[nH]1)C(=O)N1CCC2(CC1)CC2. The van der Waals surface area contributed by atoms with Crippen LogP contribution in [0.25, 0.3) is 10.9 Å². The van der Waals surface area contributed by atoms with Crippen LogP contribution in [0, 0.1) is 5.41 Å². The number of nitrogens with zero attached hydrogens (tertiary/aromatic N) is 2. The first kappa shape index (κ1) is 16.4. The summed E-state index contributed by atoms with van der Waals surface area (Å²) in [6.07, 6.45) is 6.38. The molecule has 2 aromatic rings. The lowest BCUT2D eigenvalue weighted by atomic mass is 9.93. The average molecular weight is 361 g/mol. The van der Waals surface area contributed by atoms with E-state index < -0.39 is 6.04 Å². The molecule has 2 fully saturated rings. The highest BCUT2D eigenvalue weighted by Gasteiger charge is 2.45. The van der Waals surface area contributed by atoms with Gasteiger partial charge in [0.05, 0.1) is 11.7 Å². The third-order valence-electron chi connectivity index (χ3n) is 5.53. The van der Waals surface area contributed by atoms with Crippen LogP contribution < -0.4 is 5.32 Å². The number of fused-ring (bicyclic) bond motifs is 1. The van der Waals surface area contributed by atoms with Crippen LogP contribution in [0.4, 0.5) is 0 Å². The number of carbonyl (C=O) groups excluding carboxylic acids is 2. The number of carbonyl (C=O) groups is 2. The zero-order valence-corrected chi connectivity index (χ0v) is 14.9. The second-order valence-corrected chi connectivity index (χ2v) is 7.68. The van der Waals surface area contributed by atoms with E-state index in [2.05, 4.69) is 15.3 Å². The van der Waals surface area contributed by atoms with E-state index in [4.69, 9.17) is 11.6 Å². The summed E-state index contributed by atoms with van der Waals surface area (Å²) >= 11 is 5.87. The number of nitrogens with one attached hydrogen (secondary N) is 2. The monoisotopic (exact) mass is 360 g/mol. The van der Waals surface area contributed by atoms with Crippen molar-refractivity contribution in [1.29, 1.82) is 0 Å². The van der Waals surface area contributed by atoms with Gasteiger partial charge in [0.25, 0.3) is 5.91 Å². The Bertz CT molecular complexity index is 833. The summed E-state index contributed by atoms with van der Waals surface area (Å²) in [5.41, 5.74) is 1.66. The average Bonchev–Trinajstić information content (AvgIpc) is 3.21. The van der Waals surface area contributed by atoms with Gasteiger partial charge in [-0.25, -0.2) is 4.98 Å². The van der Waals surface area contributed by atoms with Crippen LogP contribution in [0.15, 0.2) is 18.3 Å². The Morgan fingerprint density at radius 1 is 1.28 bits per heavy atom. The Morgan fingerprint density at radius 2 is 2.00 bits per heavy atom. The molecule has 0 aromatic carbocycles. The van der Waals surface area contributed by atoms with Crippen molar-refractivity contribution >= 4 is 34.3 Å². The zero-order chi connectivity index (χ0) is 17.6. The van der Waals surface area contributed by atoms with Crippen LogP contribution >= 0.6 is 11.6 Å².